The maximum Gasteiger partial charge on any atom is 0.226 e. The van der Waals surface area contributed by atoms with Crippen molar-refractivity contribution in [3.8, 4) is 5.69 Å². The standard InChI is InChI=1S/C28H27N5OS/c1-20-12-14-21(15-13-20)30-25(34)16-19-33-27(26(31-28(33)35)23-10-5-6-17-29-23)24-11-7-18-32(24)22-8-3-2-4-9-22/h2-15,17-18,26-27H,16,19H2,1H3,(H,30,34)(H,31,35)/t26-,27-/m0/s1. The van der Waals surface area contributed by atoms with Crippen LogP contribution in [0.5, 0.6) is 0 Å². The lowest BCUT2D eigenvalue weighted by Crippen LogP contribution is -2.33. The first kappa shape index (κ1) is 22.8. The molecule has 1 aliphatic heterocycles. The van der Waals surface area contributed by atoms with Gasteiger partial charge in [0.15, 0.2) is 5.11 Å². The summed E-state index contributed by atoms with van der Waals surface area (Å²) in [5.74, 6) is -0.0462. The number of rotatable bonds is 7. The van der Waals surface area contributed by atoms with Gasteiger partial charge in [-0.15, -0.1) is 0 Å². The van der Waals surface area contributed by atoms with Crippen LogP contribution < -0.4 is 10.6 Å². The maximum absolute atomic E-state index is 12.8. The number of thiocarbonyl (C=S) groups is 1. The van der Waals surface area contributed by atoms with E-state index in [2.05, 4.69) is 49.5 Å². The molecule has 1 amide bonds. The Morgan fingerprint density at radius 2 is 1.77 bits per heavy atom. The molecule has 5 rings (SSSR count). The Kier molecular flexibility index (Phi) is 6.59. The van der Waals surface area contributed by atoms with Gasteiger partial charge in [0.05, 0.1) is 17.8 Å². The molecule has 0 spiro atoms. The molecular formula is C28H27N5OS. The van der Waals surface area contributed by atoms with E-state index < -0.39 is 0 Å². The number of aromatic nitrogens is 2. The molecule has 0 bridgehead atoms. The number of hydrogen-bond acceptors (Lipinski definition) is 3. The first-order valence-electron chi connectivity index (χ1n) is 11.7. The van der Waals surface area contributed by atoms with Gasteiger partial charge in [-0.2, -0.15) is 0 Å². The molecule has 176 valence electrons. The van der Waals surface area contributed by atoms with Crippen molar-refractivity contribution in [2.24, 2.45) is 0 Å². The average Bonchev–Trinajstić information content (AvgIpc) is 3.49. The average molecular weight is 482 g/mol. The van der Waals surface area contributed by atoms with Gasteiger partial charge in [0, 0.05) is 42.4 Å². The first-order chi connectivity index (χ1) is 17.1. The number of nitrogens with zero attached hydrogens (tertiary/aromatic N) is 3. The van der Waals surface area contributed by atoms with Crippen molar-refractivity contribution in [2.45, 2.75) is 25.4 Å². The summed E-state index contributed by atoms with van der Waals surface area (Å²) >= 11 is 5.77. The van der Waals surface area contributed by atoms with Crippen molar-refractivity contribution >= 4 is 28.9 Å². The smallest absolute Gasteiger partial charge is 0.226 e. The summed E-state index contributed by atoms with van der Waals surface area (Å²) in [6.45, 7) is 2.51. The van der Waals surface area contributed by atoms with Crippen LogP contribution in [0.15, 0.2) is 97.3 Å². The molecule has 7 heteroatoms. The van der Waals surface area contributed by atoms with Gasteiger partial charge < -0.3 is 20.1 Å². The minimum absolute atomic E-state index is 0.0462. The lowest BCUT2D eigenvalue weighted by molar-refractivity contribution is -0.116. The minimum Gasteiger partial charge on any atom is -0.352 e. The molecule has 1 aliphatic rings. The zero-order valence-corrected chi connectivity index (χ0v) is 20.3. The number of nitrogens with one attached hydrogen (secondary N) is 2. The second-order valence-corrected chi connectivity index (χ2v) is 9.01. The molecular weight excluding hydrogens is 454 g/mol. The van der Waals surface area contributed by atoms with E-state index in [1.165, 1.54) is 0 Å². The number of carbonyl (C=O) groups excluding carboxylic acids is 1. The summed E-state index contributed by atoms with van der Waals surface area (Å²) in [4.78, 5) is 19.5. The lowest BCUT2D eigenvalue weighted by atomic mass is 10.0. The van der Waals surface area contributed by atoms with Crippen molar-refractivity contribution in [2.75, 3.05) is 11.9 Å². The summed E-state index contributed by atoms with van der Waals surface area (Å²) < 4.78 is 2.18. The quantitative estimate of drug-likeness (QED) is 0.356. The van der Waals surface area contributed by atoms with E-state index in [-0.39, 0.29) is 18.0 Å². The van der Waals surface area contributed by atoms with E-state index in [1.54, 1.807) is 6.20 Å². The fourth-order valence-corrected chi connectivity index (χ4v) is 4.84. The second kappa shape index (κ2) is 10.1. The van der Waals surface area contributed by atoms with Crippen LogP contribution in [-0.2, 0) is 4.79 Å². The van der Waals surface area contributed by atoms with Crippen LogP contribution in [0.4, 0.5) is 5.69 Å². The number of carbonyl (C=O) groups is 1. The van der Waals surface area contributed by atoms with E-state index in [0.717, 1.165) is 28.3 Å². The number of hydrogen-bond donors (Lipinski definition) is 2. The van der Waals surface area contributed by atoms with Gasteiger partial charge in [0.1, 0.15) is 0 Å². The van der Waals surface area contributed by atoms with Crippen molar-refractivity contribution in [3.05, 3.63) is 114 Å². The maximum atomic E-state index is 12.8. The molecule has 2 aromatic carbocycles. The minimum atomic E-state index is -0.138. The topological polar surface area (TPSA) is 62.2 Å². The summed E-state index contributed by atoms with van der Waals surface area (Å²) in [6, 6.07) is 27.8. The van der Waals surface area contributed by atoms with Gasteiger partial charge in [0.2, 0.25) is 5.91 Å². The number of aryl methyl sites for hydroxylation is 1. The van der Waals surface area contributed by atoms with Gasteiger partial charge in [-0.1, -0.05) is 42.0 Å². The molecule has 1 saturated heterocycles. The third-order valence-corrected chi connectivity index (χ3v) is 6.58. The van der Waals surface area contributed by atoms with Crippen LogP contribution in [0.25, 0.3) is 5.69 Å². The van der Waals surface area contributed by atoms with Crippen LogP contribution in [0.2, 0.25) is 0 Å². The Morgan fingerprint density at radius 3 is 2.51 bits per heavy atom. The predicted octanol–water partition coefficient (Wildman–Crippen LogP) is 5.18. The molecule has 2 aromatic heterocycles. The van der Waals surface area contributed by atoms with Crippen LogP contribution in [0.3, 0.4) is 0 Å². The highest BCUT2D eigenvalue weighted by Crippen LogP contribution is 2.39. The van der Waals surface area contributed by atoms with Crippen molar-refractivity contribution in [1.82, 2.24) is 19.8 Å². The summed E-state index contributed by atoms with van der Waals surface area (Å²) in [7, 11) is 0. The lowest BCUT2D eigenvalue weighted by Gasteiger charge is -2.28. The number of para-hydroxylation sites is 1. The van der Waals surface area contributed by atoms with Gasteiger partial charge in [-0.3, -0.25) is 9.78 Å². The normalized spacial score (nSPS) is 17.3. The SMILES string of the molecule is Cc1ccc(NC(=O)CCN2C(=S)N[C@@H](c3ccccn3)[C@@H]2c2cccn2-c2ccccc2)cc1. The highest BCUT2D eigenvalue weighted by molar-refractivity contribution is 7.80. The van der Waals surface area contributed by atoms with Crippen LogP contribution in [0, 0.1) is 6.92 Å². The van der Waals surface area contributed by atoms with E-state index in [0.29, 0.717) is 18.1 Å². The van der Waals surface area contributed by atoms with E-state index in [4.69, 9.17) is 12.2 Å². The number of benzene rings is 2. The van der Waals surface area contributed by atoms with Gasteiger partial charge in [-0.25, -0.2) is 0 Å². The molecule has 2 N–H and O–H groups in total. The highest BCUT2D eigenvalue weighted by atomic mass is 32.1. The van der Waals surface area contributed by atoms with Crippen molar-refractivity contribution in [3.63, 3.8) is 0 Å². The number of anilines is 1. The van der Waals surface area contributed by atoms with E-state index in [1.807, 2.05) is 73.7 Å². The Labute approximate surface area is 210 Å². The van der Waals surface area contributed by atoms with Gasteiger partial charge >= 0.3 is 0 Å². The molecule has 35 heavy (non-hydrogen) atoms. The van der Waals surface area contributed by atoms with Crippen LogP contribution in [0.1, 0.15) is 35.5 Å². The molecule has 2 atom stereocenters. The Hall–Kier alpha value is -3.97. The molecule has 6 nitrogen and oxygen atoms in total. The summed E-state index contributed by atoms with van der Waals surface area (Å²) in [6.07, 6.45) is 4.17. The second-order valence-electron chi connectivity index (χ2n) is 8.62. The monoisotopic (exact) mass is 481 g/mol. The van der Waals surface area contributed by atoms with Crippen molar-refractivity contribution < 1.29 is 4.79 Å². The zero-order valence-electron chi connectivity index (χ0n) is 19.5. The Morgan fingerprint density at radius 1 is 1.00 bits per heavy atom. The fourth-order valence-electron chi connectivity index (χ4n) is 4.51. The highest BCUT2D eigenvalue weighted by Gasteiger charge is 2.41. The van der Waals surface area contributed by atoms with Crippen LogP contribution in [-0.4, -0.2) is 32.0 Å². The molecule has 0 saturated carbocycles. The van der Waals surface area contributed by atoms with E-state index in [9.17, 15) is 4.79 Å². The molecule has 0 radical (unpaired) electrons. The van der Waals surface area contributed by atoms with Gasteiger partial charge in [-0.05, 0) is 67.7 Å². The zero-order chi connectivity index (χ0) is 24.2. The fraction of sp³-hybridized carbons (Fsp3) is 0.179. The third kappa shape index (κ3) is 4.95. The molecule has 0 unspecified atom stereocenters. The largest absolute Gasteiger partial charge is 0.352 e. The summed E-state index contributed by atoms with van der Waals surface area (Å²) in [5, 5.41) is 7.08. The third-order valence-electron chi connectivity index (χ3n) is 6.23. The number of amides is 1. The Balaban J connectivity index is 1.42. The predicted molar refractivity (Wildman–Crippen MR) is 142 cm³/mol. The van der Waals surface area contributed by atoms with Crippen molar-refractivity contribution in [1.29, 1.82) is 0 Å². The summed E-state index contributed by atoms with van der Waals surface area (Å²) in [5.41, 5.74) is 5.01. The molecule has 0 aliphatic carbocycles. The molecule has 3 heterocycles. The molecule has 4 aromatic rings. The Bertz CT molecular complexity index is 1300. The van der Waals surface area contributed by atoms with Crippen LogP contribution >= 0.6 is 12.2 Å². The first-order valence-corrected chi connectivity index (χ1v) is 12.1. The van der Waals surface area contributed by atoms with Gasteiger partial charge in [0.25, 0.3) is 0 Å². The van der Waals surface area contributed by atoms with E-state index >= 15 is 0 Å². The number of pyridine rings is 1. The molecule has 1 fully saturated rings.